The van der Waals surface area contributed by atoms with E-state index in [0.29, 0.717) is 17.3 Å². The van der Waals surface area contributed by atoms with E-state index in [1.54, 1.807) is 12.3 Å². The maximum atomic E-state index is 12.3. The molecule has 1 aliphatic rings. The lowest BCUT2D eigenvalue weighted by Crippen LogP contribution is -2.24. The average molecular weight is 343 g/mol. The normalized spacial score (nSPS) is 13.4. The predicted octanol–water partition coefficient (Wildman–Crippen LogP) is 4.12. The minimum absolute atomic E-state index is 0.00684. The van der Waals surface area contributed by atoms with Crippen molar-refractivity contribution in [2.45, 2.75) is 32.3 Å². The van der Waals surface area contributed by atoms with Crippen molar-refractivity contribution in [2.24, 2.45) is 0 Å². The second kappa shape index (κ2) is 6.85. The molecule has 1 amide bonds. The molecule has 1 heterocycles. The first kappa shape index (κ1) is 16.8. The van der Waals surface area contributed by atoms with Crippen molar-refractivity contribution in [3.8, 4) is 11.8 Å². The molecule has 128 valence electrons. The third kappa shape index (κ3) is 3.74. The highest BCUT2D eigenvalue weighted by molar-refractivity contribution is 6.00. The van der Waals surface area contributed by atoms with Crippen LogP contribution in [0.25, 0.3) is 0 Å². The van der Waals surface area contributed by atoms with Gasteiger partial charge in [0.05, 0.1) is 5.69 Å². The van der Waals surface area contributed by atoms with Crippen LogP contribution in [-0.2, 0) is 4.79 Å². The fraction of sp³-hybridized carbons (Fsp3) is 0.278. The Hall–Kier alpha value is -3.01. The van der Waals surface area contributed by atoms with E-state index in [2.05, 4.69) is 9.72 Å². The number of carbonyl (C=O) groups is 1. The molecule has 1 aromatic carbocycles. The molecule has 0 radical (unpaired) electrons. The summed E-state index contributed by atoms with van der Waals surface area (Å²) in [5.74, 6) is 0.0935. The molecule has 0 unspecified atom stereocenters. The molecule has 2 aromatic rings. The Morgan fingerprint density at radius 1 is 1.36 bits per heavy atom. The summed E-state index contributed by atoms with van der Waals surface area (Å²) in [5, 5.41) is 9.33. The lowest BCUT2D eigenvalue weighted by molar-refractivity contribution is -0.115. The van der Waals surface area contributed by atoms with Gasteiger partial charge in [0.15, 0.2) is 5.69 Å². The Bertz CT molecular complexity index is 827. The molecule has 1 aromatic heterocycles. The van der Waals surface area contributed by atoms with Crippen LogP contribution < -0.4 is 9.64 Å². The molecular formula is C18H15F2N3O2. The zero-order chi connectivity index (χ0) is 18.0. The van der Waals surface area contributed by atoms with Crippen molar-refractivity contribution < 1.29 is 18.3 Å². The molecule has 0 aliphatic heterocycles. The van der Waals surface area contributed by atoms with Gasteiger partial charge >= 0.3 is 6.61 Å². The molecule has 1 saturated carbocycles. The van der Waals surface area contributed by atoms with E-state index in [1.165, 1.54) is 36.1 Å². The molecule has 1 aliphatic carbocycles. The second-order valence-electron chi connectivity index (χ2n) is 5.75. The van der Waals surface area contributed by atoms with Crippen molar-refractivity contribution >= 4 is 17.3 Å². The molecule has 0 atom stereocenters. The number of benzene rings is 1. The third-order valence-corrected chi connectivity index (χ3v) is 3.92. The largest absolute Gasteiger partial charge is 0.435 e. The Labute approximate surface area is 143 Å². The molecule has 5 nitrogen and oxygen atoms in total. The summed E-state index contributed by atoms with van der Waals surface area (Å²) in [7, 11) is 0. The van der Waals surface area contributed by atoms with Gasteiger partial charge in [-0.1, -0.05) is 0 Å². The summed E-state index contributed by atoms with van der Waals surface area (Å²) in [6.45, 7) is -1.55. The van der Waals surface area contributed by atoms with Gasteiger partial charge in [0.2, 0.25) is 5.91 Å². The summed E-state index contributed by atoms with van der Waals surface area (Å²) in [4.78, 5) is 17.7. The highest BCUT2D eigenvalue weighted by Crippen LogP contribution is 2.42. The van der Waals surface area contributed by atoms with E-state index in [-0.39, 0.29) is 17.4 Å². The molecule has 0 spiro atoms. The number of alkyl halides is 2. The summed E-state index contributed by atoms with van der Waals surface area (Å²) >= 11 is 0. The van der Waals surface area contributed by atoms with Crippen LogP contribution >= 0.6 is 0 Å². The van der Waals surface area contributed by atoms with Crippen molar-refractivity contribution in [1.29, 1.82) is 5.26 Å². The zero-order valence-electron chi connectivity index (χ0n) is 13.4. The van der Waals surface area contributed by atoms with Gasteiger partial charge in [0.25, 0.3) is 0 Å². The van der Waals surface area contributed by atoms with E-state index >= 15 is 0 Å². The number of nitriles is 1. The second-order valence-corrected chi connectivity index (χ2v) is 5.75. The van der Waals surface area contributed by atoms with Crippen LogP contribution in [0.2, 0.25) is 0 Å². The number of ether oxygens (including phenoxy) is 1. The molecule has 7 heteroatoms. The maximum Gasteiger partial charge on any atom is 0.387 e. The fourth-order valence-corrected chi connectivity index (χ4v) is 2.63. The van der Waals surface area contributed by atoms with Crippen molar-refractivity contribution in [3.63, 3.8) is 0 Å². The number of aromatic nitrogens is 1. The number of amides is 1. The fourth-order valence-electron chi connectivity index (χ4n) is 2.63. The molecule has 3 rings (SSSR count). The van der Waals surface area contributed by atoms with Gasteiger partial charge in [-0.2, -0.15) is 14.0 Å². The zero-order valence-corrected chi connectivity index (χ0v) is 13.4. The SMILES string of the molecule is CC(=O)N(c1ccc(OC(F)F)cc1)c1cc(C2CC2)cnc1C#N. The predicted molar refractivity (Wildman–Crippen MR) is 86.8 cm³/mol. The maximum absolute atomic E-state index is 12.3. The number of halogens is 2. The summed E-state index contributed by atoms with van der Waals surface area (Å²) < 4.78 is 28.9. The van der Waals surface area contributed by atoms with E-state index in [4.69, 9.17) is 0 Å². The number of rotatable bonds is 5. The van der Waals surface area contributed by atoms with Gasteiger partial charge in [-0.05, 0) is 54.7 Å². The smallest absolute Gasteiger partial charge is 0.387 e. The summed E-state index contributed by atoms with van der Waals surface area (Å²) in [5.41, 5.74) is 1.95. The average Bonchev–Trinajstić information content (AvgIpc) is 3.41. The quantitative estimate of drug-likeness (QED) is 0.819. The van der Waals surface area contributed by atoms with Gasteiger partial charge in [-0.3, -0.25) is 9.69 Å². The van der Waals surface area contributed by atoms with E-state index < -0.39 is 6.61 Å². The molecule has 0 saturated heterocycles. The van der Waals surface area contributed by atoms with Gasteiger partial charge in [-0.25, -0.2) is 4.98 Å². The monoisotopic (exact) mass is 343 g/mol. The minimum atomic E-state index is -2.92. The molecule has 25 heavy (non-hydrogen) atoms. The van der Waals surface area contributed by atoms with Crippen molar-refractivity contribution in [2.75, 3.05) is 4.90 Å². The van der Waals surface area contributed by atoms with Crippen LogP contribution in [0.4, 0.5) is 20.2 Å². The first-order chi connectivity index (χ1) is 12.0. The number of nitrogens with zero attached hydrogens (tertiary/aromatic N) is 3. The van der Waals surface area contributed by atoms with Gasteiger partial charge in [-0.15, -0.1) is 0 Å². The number of hydrogen-bond acceptors (Lipinski definition) is 4. The van der Waals surface area contributed by atoms with Crippen LogP contribution in [0.3, 0.4) is 0 Å². The van der Waals surface area contributed by atoms with Crippen LogP contribution in [0.1, 0.15) is 36.9 Å². The third-order valence-electron chi connectivity index (χ3n) is 3.92. The standard InChI is InChI=1S/C18H15F2N3O2/c1-11(24)23(14-4-6-15(7-5-14)25-18(19)20)17-8-13(12-2-3-12)10-22-16(17)9-21/h4-8,10,12,18H,2-3H2,1H3. The van der Waals surface area contributed by atoms with Gasteiger partial charge < -0.3 is 4.74 Å². The Morgan fingerprint density at radius 2 is 2.04 bits per heavy atom. The minimum Gasteiger partial charge on any atom is -0.435 e. The lowest BCUT2D eigenvalue weighted by atomic mass is 10.1. The summed E-state index contributed by atoms with van der Waals surface area (Å²) in [6.07, 6.45) is 3.79. The van der Waals surface area contributed by atoms with Crippen LogP contribution in [0.5, 0.6) is 5.75 Å². The first-order valence-electron chi connectivity index (χ1n) is 7.75. The number of hydrogen-bond donors (Lipinski definition) is 0. The number of anilines is 2. The number of carbonyl (C=O) groups excluding carboxylic acids is 1. The number of pyridine rings is 1. The van der Waals surface area contributed by atoms with Crippen LogP contribution in [0.15, 0.2) is 36.5 Å². The van der Waals surface area contributed by atoms with Crippen LogP contribution in [0, 0.1) is 11.3 Å². The molecule has 1 fully saturated rings. The van der Waals surface area contributed by atoms with E-state index in [9.17, 15) is 18.8 Å². The van der Waals surface area contributed by atoms with E-state index in [1.807, 2.05) is 6.07 Å². The Kier molecular flexibility index (Phi) is 4.61. The van der Waals surface area contributed by atoms with Crippen LogP contribution in [-0.4, -0.2) is 17.5 Å². The highest BCUT2D eigenvalue weighted by Gasteiger charge is 2.27. The van der Waals surface area contributed by atoms with Crippen molar-refractivity contribution in [1.82, 2.24) is 4.98 Å². The van der Waals surface area contributed by atoms with Gasteiger partial charge in [0.1, 0.15) is 11.8 Å². The van der Waals surface area contributed by atoms with Gasteiger partial charge in [0, 0.05) is 18.8 Å². The van der Waals surface area contributed by atoms with E-state index in [0.717, 1.165) is 18.4 Å². The Morgan fingerprint density at radius 3 is 2.56 bits per heavy atom. The molecule has 0 N–H and O–H groups in total. The molecular weight excluding hydrogens is 328 g/mol. The summed E-state index contributed by atoms with van der Waals surface area (Å²) in [6, 6.07) is 9.47. The highest BCUT2D eigenvalue weighted by atomic mass is 19.3. The Balaban J connectivity index is 2.00. The molecule has 0 bridgehead atoms. The first-order valence-corrected chi connectivity index (χ1v) is 7.75. The van der Waals surface area contributed by atoms with Crippen molar-refractivity contribution in [3.05, 3.63) is 47.8 Å². The lowest BCUT2D eigenvalue weighted by Gasteiger charge is -2.23. The topological polar surface area (TPSA) is 66.2 Å².